The Morgan fingerprint density at radius 3 is 1.38 bits per heavy atom. The zero-order valence-corrected chi connectivity index (χ0v) is 36.1. The maximum absolute atomic E-state index is 5.29. The molecule has 11 aromatic rings. The molecule has 0 radical (unpaired) electrons. The highest BCUT2D eigenvalue weighted by Crippen LogP contribution is 2.49. The van der Waals surface area contributed by atoms with Gasteiger partial charge in [0, 0.05) is 43.8 Å². The molecule has 2 aromatic heterocycles. The number of benzene rings is 9. The summed E-state index contributed by atoms with van der Waals surface area (Å²) in [6.45, 7) is 4.65. The number of hydrogen-bond donors (Lipinski definition) is 0. The topological polar surface area (TPSA) is 51.6 Å². The Kier molecular flexibility index (Phi) is 9.13. The highest BCUT2D eigenvalue weighted by Gasteiger charge is 2.35. The lowest BCUT2D eigenvalue weighted by Crippen LogP contribution is -2.14. The van der Waals surface area contributed by atoms with Gasteiger partial charge in [0.15, 0.2) is 17.5 Å². The minimum absolute atomic E-state index is 0.0587. The summed E-state index contributed by atoms with van der Waals surface area (Å²) in [4.78, 5) is 20.5. The monoisotopic (exact) mass is 830 g/mol. The van der Waals surface area contributed by atoms with E-state index in [-0.39, 0.29) is 5.41 Å². The van der Waals surface area contributed by atoms with Gasteiger partial charge >= 0.3 is 0 Å². The smallest absolute Gasteiger partial charge is 0.164 e. The van der Waals surface area contributed by atoms with E-state index in [1.165, 1.54) is 44.3 Å². The number of hydrogen-bond acceptors (Lipinski definition) is 4. The molecule has 0 spiro atoms. The van der Waals surface area contributed by atoms with E-state index in [0.717, 1.165) is 60.9 Å². The molecule has 0 atom stereocenters. The van der Waals surface area contributed by atoms with Crippen molar-refractivity contribution in [2.24, 2.45) is 0 Å². The van der Waals surface area contributed by atoms with Crippen LogP contribution in [0.5, 0.6) is 0 Å². The van der Waals surface area contributed by atoms with Gasteiger partial charge in [-0.25, -0.2) is 19.9 Å². The summed E-state index contributed by atoms with van der Waals surface area (Å²) < 4.78 is 0. The van der Waals surface area contributed by atoms with E-state index in [1.54, 1.807) is 0 Å². The van der Waals surface area contributed by atoms with Crippen molar-refractivity contribution >= 4 is 21.7 Å². The summed E-state index contributed by atoms with van der Waals surface area (Å²) in [6.07, 6.45) is 0. The Bertz CT molecular complexity index is 3580. The molecule has 0 saturated heterocycles. The van der Waals surface area contributed by atoms with Crippen LogP contribution in [-0.2, 0) is 5.41 Å². The molecule has 2 heterocycles. The van der Waals surface area contributed by atoms with Crippen molar-refractivity contribution in [3.63, 3.8) is 0 Å². The highest BCUT2D eigenvalue weighted by molar-refractivity contribution is 6.17. The third-order valence-corrected chi connectivity index (χ3v) is 13.2. The molecule has 306 valence electrons. The summed E-state index contributed by atoms with van der Waals surface area (Å²) in [5.74, 6) is 1.89. The molecule has 1 aliphatic carbocycles. The van der Waals surface area contributed by atoms with Gasteiger partial charge in [-0.15, -0.1) is 0 Å². The van der Waals surface area contributed by atoms with Crippen molar-refractivity contribution in [1.29, 1.82) is 0 Å². The fraction of sp³-hybridized carbons (Fsp3) is 0.0492. The minimum Gasteiger partial charge on any atom is -0.247 e. The van der Waals surface area contributed by atoms with Gasteiger partial charge in [0.05, 0.1) is 11.2 Å². The van der Waals surface area contributed by atoms with E-state index < -0.39 is 0 Å². The van der Waals surface area contributed by atoms with Gasteiger partial charge in [-0.2, -0.15) is 0 Å². The lowest BCUT2D eigenvalue weighted by molar-refractivity contribution is 0.660. The maximum Gasteiger partial charge on any atom is 0.164 e. The molecule has 0 fully saturated rings. The van der Waals surface area contributed by atoms with Gasteiger partial charge in [0.25, 0.3) is 0 Å². The van der Waals surface area contributed by atoms with Crippen LogP contribution in [0.15, 0.2) is 218 Å². The van der Waals surface area contributed by atoms with Crippen molar-refractivity contribution in [2.75, 3.05) is 0 Å². The molecule has 65 heavy (non-hydrogen) atoms. The van der Waals surface area contributed by atoms with Gasteiger partial charge in [0.1, 0.15) is 0 Å². The number of nitrogens with zero attached hydrogens (tertiary/aromatic N) is 4. The van der Waals surface area contributed by atoms with E-state index in [2.05, 4.69) is 202 Å². The van der Waals surface area contributed by atoms with E-state index >= 15 is 0 Å². The molecule has 9 aromatic carbocycles. The Morgan fingerprint density at radius 2 is 0.754 bits per heavy atom. The lowest BCUT2D eigenvalue weighted by atomic mass is 9.81. The molecule has 1 aliphatic rings. The molecule has 0 amide bonds. The highest BCUT2D eigenvalue weighted by atomic mass is 15.0. The first-order valence-electron chi connectivity index (χ1n) is 22.2. The first-order chi connectivity index (χ1) is 32.0. The number of fused-ring (bicyclic) bond motifs is 6. The molecule has 0 N–H and O–H groups in total. The van der Waals surface area contributed by atoms with Crippen LogP contribution in [0, 0.1) is 0 Å². The van der Waals surface area contributed by atoms with Gasteiger partial charge < -0.3 is 0 Å². The normalized spacial score (nSPS) is 12.6. The molecule has 0 unspecified atom stereocenters. The molecule has 4 nitrogen and oxygen atoms in total. The molecular formula is C61H42N4. The van der Waals surface area contributed by atoms with E-state index in [9.17, 15) is 0 Å². The van der Waals surface area contributed by atoms with Crippen molar-refractivity contribution < 1.29 is 0 Å². The van der Waals surface area contributed by atoms with E-state index in [4.69, 9.17) is 19.9 Å². The number of pyridine rings is 1. The number of rotatable bonds is 7. The van der Waals surface area contributed by atoms with Gasteiger partial charge in [0.2, 0.25) is 0 Å². The molecule has 0 bridgehead atoms. The first kappa shape index (κ1) is 38.3. The lowest BCUT2D eigenvalue weighted by Gasteiger charge is -2.22. The van der Waals surface area contributed by atoms with Crippen LogP contribution in [0.3, 0.4) is 0 Å². The van der Waals surface area contributed by atoms with Crippen molar-refractivity contribution in [3.8, 4) is 89.9 Å². The standard InChI is InChI=1S/C61H42N4/c1-61(2)53-24-13-12-21-49(53)50-35-33-47(38-54(50)61)40-27-31-45(32-28-40)60-64-58(43-19-10-5-11-20-43)63-59(65-60)44-29-25-39(26-30-44)46-34-36-55-52(37-46)56-48(41-15-6-3-7-16-41)22-14-23-51(56)57(62-55)42-17-8-4-9-18-42/h3-38H,1-2H3. The first-order valence-corrected chi connectivity index (χ1v) is 22.2. The van der Waals surface area contributed by atoms with Crippen LogP contribution >= 0.6 is 0 Å². The average molecular weight is 831 g/mol. The third-order valence-electron chi connectivity index (χ3n) is 13.2. The van der Waals surface area contributed by atoms with Crippen LogP contribution < -0.4 is 0 Å². The van der Waals surface area contributed by atoms with Crippen LogP contribution in [0.1, 0.15) is 25.0 Å². The quantitative estimate of drug-likeness (QED) is 0.150. The number of aromatic nitrogens is 4. The summed E-state index contributed by atoms with van der Waals surface area (Å²) in [5.41, 5.74) is 18.1. The minimum atomic E-state index is -0.0587. The van der Waals surface area contributed by atoms with Crippen LogP contribution in [-0.4, -0.2) is 19.9 Å². The largest absolute Gasteiger partial charge is 0.247 e. The zero-order chi connectivity index (χ0) is 43.5. The van der Waals surface area contributed by atoms with Gasteiger partial charge in [-0.1, -0.05) is 214 Å². The maximum atomic E-state index is 5.29. The van der Waals surface area contributed by atoms with Crippen molar-refractivity contribution in [1.82, 2.24) is 19.9 Å². The fourth-order valence-electron chi connectivity index (χ4n) is 9.77. The van der Waals surface area contributed by atoms with Crippen molar-refractivity contribution in [3.05, 3.63) is 230 Å². The molecule has 4 heteroatoms. The predicted molar refractivity (Wildman–Crippen MR) is 268 cm³/mol. The second-order valence-corrected chi connectivity index (χ2v) is 17.4. The Hall–Kier alpha value is -8.34. The summed E-state index contributed by atoms with van der Waals surface area (Å²) in [6, 6.07) is 77.3. The van der Waals surface area contributed by atoms with E-state index in [0.29, 0.717) is 17.5 Å². The fourth-order valence-corrected chi connectivity index (χ4v) is 9.77. The molecule has 12 rings (SSSR count). The average Bonchev–Trinajstić information content (AvgIpc) is 3.61. The molecule has 0 saturated carbocycles. The van der Waals surface area contributed by atoms with E-state index in [1.807, 2.05) is 30.3 Å². The summed E-state index contributed by atoms with van der Waals surface area (Å²) in [7, 11) is 0. The molecular weight excluding hydrogens is 789 g/mol. The Morgan fingerprint density at radius 1 is 0.292 bits per heavy atom. The predicted octanol–water partition coefficient (Wildman–Crippen LogP) is 15.5. The van der Waals surface area contributed by atoms with Crippen LogP contribution in [0.4, 0.5) is 0 Å². The summed E-state index contributed by atoms with van der Waals surface area (Å²) in [5, 5.41) is 3.44. The van der Waals surface area contributed by atoms with Crippen molar-refractivity contribution in [2.45, 2.75) is 19.3 Å². The van der Waals surface area contributed by atoms with Gasteiger partial charge in [-0.05, 0) is 73.8 Å². The van der Waals surface area contributed by atoms with Crippen LogP contribution in [0.25, 0.3) is 112 Å². The summed E-state index contributed by atoms with van der Waals surface area (Å²) >= 11 is 0. The molecule has 0 aliphatic heterocycles. The second kappa shape index (κ2) is 15.5. The SMILES string of the molecule is CC1(C)c2ccccc2-c2ccc(-c3ccc(-c4nc(-c5ccccc5)nc(-c5ccc(-c6ccc7nc(-c8ccccc8)c8cccc(-c9ccccc9)c8c7c6)cc5)n4)cc3)cc21. The van der Waals surface area contributed by atoms with Crippen LogP contribution in [0.2, 0.25) is 0 Å². The Labute approximate surface area is 378 Å². The third kappa shape index (κ3) is 6.70. The van der Waals surface area contributed by atoms with Gasteiger partial charge in [-0.3, -0.25) is 0 Å². The second-order valence-electron chi connectivity index (χ2n) is 17.4. The Balaban J connectivity index is 0.910. The zero-order valence-electron chi connectivity index (χ0n) is 36.1.